The molecule has 1 N–H and O–H groups in total. The Labute approximate surface area is 175 Å². The zero-order chi connectivity index (χ0) is 20.6. The van der Waals surface area contributed by atoms with Crippen molar-refractivity contribution in [2.24, 2.45) is 5.92 Å². The predicted molar refractivity (Wildman–Crippen MR) is 114 cm³/mol. The van der Waals surface area contributed by atoms with Crippen molar-refractivity contribution in [3.05, 3.63) is 54.1 Å². The van der Waals surface area contributed by atoms with E-state index >= 15 is 0 Å². The average molecular weight is 413 g/mol. The predicted octanol–water partition coefficient (Wildman–Crippen LogP) is 3.81. The first-order chi connectivity index (χ1) is 14.0. The summed E-state index contributed by atoms with van der Waals surface area (Å²) in [4.78, 5) is 14.9. The summed E-state index contributed by atoms with van der Waals surface area (Å²) < 4.78 is 17.8. The second-order valence-corrected chi connectivity index (χ2v) is 7.48. The number of anilines is 1. The SMILES string of the molecule is CCOC(=O)[C@H]1[C@@H]2NC(=S)N(c3ccccc3)[C@]1(C)Oc1c(OCC)cccc12. The van der Waals surface area contributed by atoms with Crippen molar-refractivity contribution in [1.82, 2.24) is 5.32 Å². The van der Waals surface area contributed by atoms with Gasteiger partial charge in [0.25, 0.3) is 0 Å². The van der Waals surface area contributed by atoms with Crippen molar-refractivity contribution in [3.8, 4) is 11.5 Å². The van der Waals surface area contributed by atoms with Crippen LogP contribution in [0.4, 0.5) is 5.69 Å². The number of carbonyl (C=O) groups is 1. The molecule has 2 aromatic carbocycles. The van der Waals surface area contributed by atoms with Crippen molar-refractivity contribution < 1.29 is 19.0 Å². The van der Waals surface area contributed by atoms with Crippen LogP contribution in [0.2, 0.25) is 0 Å². The number of carbonyl (C=O) groups excluding carboxylic acids is 1. The molecule has 0 radical (unpaired) electrons. The number of rotatable bonds is 5. The van der Waals surface area contributed by atoms with Crippen molar-refractivity contribution in [2.75, 3.05) is 18.1 Å². The van der Waals surface area contributed by atoms with Gasteiger partial charge in [-0.1, -0.05) is 30.3 Å². The smallest absolute Gasteiger partial charge is 0.317 e. The highest BCUT2D eigenvalue weighted by Crippen LogP contribution is 2.52. The molecular formula is C22H24N2O4S. The van der Waals surface area contributed by atoms with Gasteiger partial charge in [-0.15, -0.1) is 0 Å². The Balaban J connectivity index is 1.90. The van der Waals surface area contributed by atoms with Gasteiger partial charge < -0.3 is 19.5 Å². The van der Waals surface area contributed by atoms with Crippen LogP contribution < -0.4 is 19.7 Å². The van der Waals surface area contributed by atoms with E-state index in [1.54, 1.807) is 6.92 Å². The van der Waals surface area contributed by atoms with Crippen LogP contribution in [0.15, 0.2) is 48.5 Å². The minimum absolute atomic E-state index is 0.291. The van der Waals surface area contributed by atoms with E-state index in [1.165, 1.54) is 0 Å². The Bertz CT molecular complexity index is 936. The van der Waals surface area contributed by atoms with Gasteiger partial charge in [0.05, 0.1) is 19.3 Å². The van der Waals surface area contributed by atoms with Crippen molar-refractivity contribution in [1.29, 1.82) is 0 Å². The number of hydrogen-bond donors (Lipinski definition) is 1. The number of para-hydroxylation sites is 2. The molecule has 2 bridgehead atoms. The number of esters is 1. The summed E-state index contributed by atoms with van der Waals surface area (Å²) in [6, 6.07) is 15.0. The van der Waals surface area contributed by atoms with E-state index in [2.05, 4.69) is 5.32 Å². The van der Waals surface area contributed by atoms with Crippen LogP contribution in [-0.4, -0.2) is 30.0 Å². The Morgan fingerprint density at radius 2 is 1.93 bits per heavy atom. The minimum Gasteiger partial charge on any atom is -0.490 e. The van der Waals surface area contributed by atoms with Gasteiger partial charge in [0.2, 0.25) is 5.72 Å². The lowest BCUT2D eigenvalue weighted by Crippen LogP contribution is -2.71. The molecule has 2 aromatic rings. The van der Waals surface area contributed by atoms with Crippen LogP contribution in [0, 0.1) is 5.92 Å². The normalized spacial score (nSPS) is 24.8. The van der Waals surface area contributed by atoms with Gasteiger partial charge >= 0.3 is 5.97 Å². The molecule has 6 nitrogen and oxygen atoms in total. The molecule has 1 saturated heterocycles. The zero-order valence-electron chi connectivity index (χ0n) is 16.7. The number of hydrogen-bond acceptors (Lipinski definition) is 5. The lowest BCUT2D eigenvalue weighted by atomic mass is 9.79. The van der Waals surface area contributed by atoms with Gasteiger partial charge in [-0.25, -0.2) is 0 Å². The Morgan fingerprint density at radius 3 is 2.62 bits per heavy atom. The maximum absolute atomic E-state index is 13.1. The van der Waals surface area contributed by atoms with Gasteiger partial charge in [0.1, 0.15) is 5.92 Å². The first kappa shape index (κ1) is 19.5. The van der Waals surface area contributed by atoms with E-state index in [0.717, 1.165) is 11.3 Å². The quantitative estimate of drug-likeness (QED) is 0.592. The number of ether oxygens (including phenoxy) is 3. The summed E-state index contributed by atoms with van der Waals surface area (Å²) in [7, 11) is 0. The molecule has 152 valence electrons. The van der Waals surface area contributed by atoms with Crippen molar-refractivity contribution in [3.63, 3.8) is 0 Å². The van der Waals surface area contributed by atoms with Crippen molar-refractivity contribution >= 4 is 29.0 Å². The molecule has 2 heterocycles. The van der Waals surface area contributed by atoms with E-state index in [9.17, 15) is 4.79 Å². The van der Waals surface area contributed by atoms with Gasteiger partial charge in [0, 0.05) is 11.3 Å². The molecule has 0 aromatic heterocycles. The molecule has 2 aliphatic heterocycles. The highest BCUT2D eigenvalue weighted by Gasteiger charge is 2.60. The second-order valence-electron chi connectivity index (χ2n) is 7.09. The zero-order valence-corrected chi connectivity index (χ0v) is 17.5. The van der Waals surface area contributed by atoms with E-state index < -0.39 is 11.6 Å². The lowest BCUT2D eigenvalue weighted by molar-refractivity contribution is -0.159. The highest BCUT2D eigenvalue weighted by molar-refractivity contribution is 7.80. The summed E-state index contributed by atoms with van der Waals surface area (Å²) in [6.45, 7) is 6.41. The fourth-order valence-electron chi connectivity index (χ4n) is 4.20. The number of benzene rings is 2. The van der Waals surface area contributed by atoms with Crippen molar-refractivity contribution in [2.45, 2.75) is 32.5 Å². The number of fused-ring (bicyclic) bond motifs is 4. The van der Waals surface area contributed by atoms with Crippen LogP contribution in [0.25, 0.3) is 0 Å². The lowest BCUT2D eigenvalue weighted by Gasteiger charge is -2.55. The first-order valence-corrected chi connectivity index (χ1v) is 10.2. The largest absolute Gasteiger partial charge is 0.490 e. The highest BCUT2D eigenvalue weighted by atomic mass is 32.1. The minimum atomic E-state index is -1.08. The summed E-state index contributed by atoms with van der Waals surface area (Å²) in [5.41, 5.74) is 0.583. The monoisotopic (exact) mass is 412 g/mol. The first-order valence-electron chi connectivity index (χ1n) is 9.78. The van der Waals surface area contributed by atoms with Gasteiger partial charge in [0.15, 0.2) is 16.6 Å². The van der Waals surface area contributed by atoms with E-state index in [-0.39, 0.29) is 12.0 Å². The fraction of sp³-hybridized carbons (Fsp3) is 0.364. The number of nitrogens with one attached hydrogen (secondary N) is 1. The van der Waals surface area contributed by atoms with Gasteiger partial charge in [-0.3, -0.25) is 9.69 Å². The summed E-state index contributed by atoms with van der Waals surface area (Å²) >= 11 is 5.70. The van der Waals surface area contributed by atoms with Crippen LogP contribution in [0.3, 0.4) is 0 Å². The maximum Gasteiger partial charge on any atom is 0.317 e. The molecular weight excluding hydrogens is 388 g/mol. The Kier molecular flexibility index (Phi) is 5.08. The third kappa shape index (κ3) is 3.09. The van der Waals surface area contributed by atoms with Gasteiger partial charge in [-0.05, 0) is 51.2 Å². The van der Waals surface area contributed by atoms with E-state index in [4.69, 9.17) is 26.4 Å². The molecule has 0 amide bonds. The third-order valence-corrected chi connectivity index (χ3v) is 5.64. The number of thiocarbonyl (C=S) groups is 1. The summed E-state index contributed by atoms with van der Waals surface area (Å²) in [5, 5.41) is 3.85. The van der Waals surface area contributed by atoms with E-state index in [1.807, 2.05) is 67.3 Å². The Hall–Kier alpha value is -2.80. The van der Waals surface area contributed by atoms with Gasteiger partial charge in [-0.2, -0.15) is 0 Å². The standard InChI is InChI=1S/C22H24N2O4S/c1-4-26-16-13-9-12-15-18-17(20(25)27-5-2)22(3,28-19(15)16)24(21(29)23-18)14-10-7-6-8-11-14/h6-13,17-18H,4-5H2,1-3H3,(H,23,29)/t17-,18-,22-/m1/s1. The molecule has 2 aliphatic rings. The molecule has 0 spiro atoms. The second kappa shape index (κ2) is 7.55. The molecule has 0 aliphatic carbocycles. The summed E-state index contributed by atoms with van der Waals surface area (Å²) in [5.74, 6) is 0.312. The van der Waals surface area contributed by atoms with E-state index in [0.29, 0.717) is 29.8 Å². The average Bonchev–Trinajstić information content (AvgIpc) is 2.69. The molecule has 0 saturated carbocycles. The summed E-state index contributed by atoms with van der Waals surface area (Å²) in [6.07, 6.45) is 0. The Morgan fingerprint density at radius 1 is 1.17 bits per heavy atom. The maximum atomic E-state index is 13.1. The third-order valence-electron chi connectivity index (χ3n) is 5.34. The molecule has 1 fully saturated rings. The molecule has 7 heteroatoms. The number of nitrogens with zero attached hydrogens (tertiary/aromatic N) is 1. The molecule has 3 atom stereocenters. The van der Waals surface area contributed by atoms with Crippen LogP contribution in [-0.2, 0) is 9.53 Å². The molecule has 0 unspecified atom stereocenters. The fourth-order valence-corrected chi connectivity index (χ4v) is 4.61. The topological polar surface area (TPSA) is 60.0 Å². The van der Waals surface area contributed by atoms with Crippen LogP contribution in [0.5, 0.6) is 11.5 Å². The molecule has 29 heavy (non-hydrogen) atoms. The molecule has 4 rings (SSSR count). The van der Waals surface area contributed by atoms with Crippen LogP contribution in [0.1, 0.15) is 32.4 Å². The van der Waals surface area contributed by atoms with Crippen LogP contribution >= 0.6 is 12.2 Å².